The van der Waals surface area contributed by atoms with Crippen LogP contribution >= 0.6 is 11.3 Å². The molecule has 6 heteroatoms. The van der Waals surface area contributed by atoms with E-state index in [1.165, 1.54) is 11.3 Å². The van der Waals surface area contributed by atoms with Gasteiger partial charge in [-0.15, -0.1) is 0 Å². The number of hydrazone groups is 1. The monoisotopic (exact) mass is 352 g/mol. The normalized spacial score (nSPS) is 11.6. The maximum atomic E-state index is 12.4. The number of nitrogens with zero attached hydrogens (tertiary/aromatic N) is 2. The summed E-state index contributed by atoms with van der Waals surface area (Å²) in [5.74, 6) is -0.116. The minimum atomic E-state index is -0.116. The van der Waals surface area contributed by atoms with E-state index in [9.17, 15) is 4.79 Å². The second kappa shape index (κ2) is 7.44. The topological polar surface area (TPSA) is 66.4 Å². The van der Waals surface area contributed by atoms with Crippen molar-refractivity contribution in [1.29, 1.82) is 0 Å². The van der Waals surface area contributed by atoms with E-state index in [1.54, 1.807) is 0 Å². The minimum Gasteiger partial charge on any atom is -0.322 e. The second-order valence-corrected chi connectivity index (χ2v) is 6.81. The van der Waals surface area contributed by atoms with Gasteiger partial charge in [0.15, 0.2) is 0 Å². The third kappa shape index (κ3) is 4.03. The van der Waals surface area contributed by atoms with Gasteiger partial charge in [0.05, 0.1) is 10.2 Å². The van der Waals surface area contributed by atoms with Crippen molar-refractivity contribution in [3.05, 3.63) is 53.6 Å². The zero-order valence-corrected chi connectivity index (χ0v) is 15.3. The molecular weight excluding hydrogens is 332 g/mol. The standard InChI is InChI=1S/C19H20N4OS/c1-4-13(3)22-23-19-21-16-11-14(9-10-17(16)25-19)20-18(24)15-8-6-5-7-12(15)2/h5-11H,4H2,1-3H3,(H,20,24)(H,21,23)/b22-13+. The van der Waals surface area contributed by atoms with E-state index in [2.05, 4.69) is 27.8 Å². The third-order valence-corrected chi connectivity index (χ3v) is 4.83. The Labute approximate surface area is 150 Å². The Hall–Kier alpha value is -2.73. The Balaban J connectivity index is 1.79. The van der Waals surface area contributed by atoms with Gasteiger partial charge in [-0.3, -0.25) is 10.2 Å². The summed E-state index contributed by atoms with van der Waals surface area (Å²) in [6.07, 6.45) is 0.896. The molecule has 0 atom stereocenters. The van der Waals surface area contributed by atoms with Gasteiger partial charge in [-0.25, -0.2) is 4.98 Å². The van der Waals surface area contributed by atoms with Crippen LogP contribution in [0.15, 0.2) is 47.6 Å². The molecular formula is C19H20N4OS. The first-order valence-corrected chi connectivity index (χ1v) is 8.95. The summed E-state index contributed by atoms with van der Waals surface area (Å²) >= 11 is 1.53. The molecule has 0 aliphatic carbocycles. The highest BCUT2D eigenvalue weighted by Gasteiger charge is 2.10. The molecule has 0 aliphatic rings. The zero-order valence-electron chi connectivity index (χ0n) is 14.5. The summed E-state index contributed by atoms with van der Waals surface area (Å²) in [6.45, 7) is 5.96. The third-order valence-electron chi connectivity index (χ3n) is 3.89. The van der Waals surface area contributed by atoms with Crippen LogP contribution in [-0.2, 0) is 0 Å². The lowest BCUT2D eigenvalue weighted by atomic mass is 10.1. The highest BCUT2D eigenvalue weighted by molar-refractivity contribution is 7.22. The van der Waals surface area contributed by atoms with Crippen LogP contribution in [0.25, 0.3) is 10.2 Å². The lowest BCUT2D eigenvalue weighted by Gasteiger charge is -2.07. The van der Waals surface area contributed by atoms with Gasteiger partial charge in [0.2, 0.25) is 5.13 Å². The van der Waals surface area contributed by atoms with E-state index in [4.69, 9.17) is 0 Å². The first kappa shape index (κ1) is 17.1. The molecule has 3 rings (SSSR count). The van der Waals surface area contributed by atoms with E-state index in [0.29, 0.717) is 5.56 Å². The second-order valence-electron chi connectivity index (χ2n) is 5.78. The van der Waals surface area contributed by atoms with Gasteiger partial charge >= 0.3 is 0 Å². The average molecular weight is 352 g/mol. The van der Waals surface area contributed by atoms with Gasteiger partial charge in [0.1, 0.15) is 0 Å². The highest BCUT2D eigenvalue weighted by Crippen LogP contribution is 2.28. The molecule has 128 valence electrons. The van der Waals surface area contributed by atoms with Crippen molar-refractivity contribution in [1.82, 2.24) is 4.98 Å². The summed E-state index contributed by atoms with van der Waals surface area (Å²) in [4.78, 5) is 17.0. The molecule has 0 saturated carbocycles. The van der Waals surface area contributed by atoms with Crippen LogP contribution < -0.4 is 10.7 Å². The number of aryl methyl sites for hydroxylation is 1. The fourth-order valence-electron chi connectivity index (χ4n) is 2.30. The maximum absolute atomic E-state index is 12.4. The van der Waals surface area contributed by atoms with Gasteiger partial charge < -0.3 is 5.32 Å². The molecule has 0 unspecified atom stereocenters. The van der Waals surface area contributed by atoms with Crippen LogP contribution in [0.5, 0.6) is 0 Å². The number of anilines is 2. The van der Waals surface area contributed by atoms with Gasteiger partial charge in [0.25, 0.3) is 5.91 Å². The van der Waals surface area contributed by atoms with Crippen molar-refractivity contribution in [3.63, 3.8) is 0 Å². The SMILES string of the molecule is CC/C(C)=N/Nc1nc2cc(NC(=O)c3ccccc3C)ccc2s1. The summed E-state index contributed by atoms with van der Waals surface area (Å²) in [7, 11) is 0. The predicted octanol–water partition coefficient (Wildman–Crippen LogP) is 5.05. The molecule has 25 heavy (non-hydrogen) atoms. The van der Waals surface area contributed by atoms with Crippen LogP contribution in [0, 0.1) is 6.92 Å². The maximum Gasteiger partial charge on any atom is 0.255 e. The van der Waals surface area contributed by atoms with Gasteiger partial charge in [0, 0.05) is 17.0 Å². The number of thiazole rings is 1. The lowest BCUT2D eigenvalue weighted by molar-refractivity contribution is 0.102. The van der Waals surface area contributed by atoms with Crippen LogP contribution in [0.3, 0.4) is 0 Å². The Kier molecular flexibility index (Phi) is 5.09. The first-order valence-electron chi connectivity index (χ1n) is 8.13. The van der Waals surface area contributed by atoms with Gasteiger partial charge in [-0.2, -0.15) is 5.10 Å². The summed E-state index contributed by atoms with van der Waals surface area (Å²) in [5, 5.41) is 7.95. The Bertz CT molecular complexity index is 946. The smallest absolute Gasteiger partial charge is 0.255 e. The minimum absolute atomic E-state index is 0.116. The molecule has 0 aliphatic heterocycles. The number of carbonyl (C=O) groups excluding carboxylic acids is 1. The number of aromatic nitrogens is 1. The Morgan fingerprint density at radius 3 is 2.80 bits per heavy atom. The number of benzene rings is 2. The number of hydrogen-bond donors (Lipinski definition) is 2. The van der Waals surface area contributed by atoms with E-state index in [-0.39, 0.29) is 5.91 Å². The molecule has 1 heterocycles. The van der Waals surface area contributed by atoms with Crippen LogP contribution in [0.2, 0.25) is 0 Å². The quantitative estimate of drug-likeness (QED) is 0.498. The predicted molar refractivity (Wildman–Crippen MR) is 106 cm³/mol. The molecule has 2 aromatic carbocycles. The number of amides is 1. The number of nitrogens with one attached hydrogen (secondary N) is 2. The van der Waals surface area contributed by atoms with Crippen molar-refractivity contribution in [3.8, 4) is 0 Å². The lowest BCUT2D eigenvalue weighted by Crippen LogP contribution is -2.13. The van der Waals surface area contributed by atoms with Gasteiger partial charge in [-0.05, 0) is 50.1 Å². The van der Waals surface area contributed by atoms with E-state index >= 15 is 0 Å². The summed E-state index contributed by atoms with van der Waals surface area (Å²) < 4.78 is 1.04. The molecule has 0 spiro atoms. The zero-order chi connectivity index (χ0) is 17.8. The van der Waals surface area contributed by atoms with Crippen molar-refractivity contribution in [2.24, 2.45) is 5.10 Å². The van der Waals surface area contributed by atoms with Crippen LogP contribution in [0.4, 0.5) is 10.8 Å². The molecule has 1 aromatic heterocycles. The largest absolute Gasteiger partial charge is 0.322 e. The van der Waals surface area contributed by atoms with Crippen LogP contribution in [0.1, 0.15) is 36.2 Å². The average Bonchev–Trinajstić information content (AvgIpc) is 3.02. The summed E-state index contributed by atoms with van der Waals surface area (Å²) in [5.41, 5.74) is 7.19. The molecule has 0 saturated heterocycles. The molecule has 0 radical (unpaired) electrons. The van der Waals surface area contributed by atoms with Crippen molar-refractivity contribution < 1.29 is 4.79 Å². The van der Waals surface area contributed by atoms with Crippen molar-refractivity contribution in [2.45, 2.75) is 27.2 Å². The van der Waals surface area contributed by atoms with E-state index in [0.717, 1.165) is 38.7 Å². The van der Waals surface area contributed by atoms with Gasteiger partial charge in [-0.1, -0.05) is 36.5 Å². The Morgan fingerprint density at radius 2 is 2.04 bits per heavy atom. The number of fused-ring (bicyclic) bond motifs is 1. The number of hydrogen-bond acceptors (Lipinski definition) is 5. The fourth-order valence-corrected chi connectivity index (χ4v) is 3.09. The van der Waals surface area contributed by atoms with E-state index in [1.807, 2.05) is 56.3 Å². The molecule has 3 aromatic rings. The number of carbonyl (C=O) groups is 1. The Morgan fingerprint density at radius 1 is 1.24 bits per heavy atom. The molecule has 0 bridgehead atoms. The van der Waals surface area contributed by atoms with E-state index < -0.39 is 0 Å². The molecule has 2 N–H and O–H groups in total. The molecule has 0 fully saturated rings. The van der Waals surface area contributed by atoms with Crippen molar-refractivity contribution >= 4 is 44.0 Å². The molecule has 5 nitrogen and oxygen atoms in total. The fraction of sp³-hybridized carbons (Fsp3) is 0.211. The highest BCUT2D eigenvalue weighted by atomic mass is 32.1. The number of rotatable bonds is 5. The van der Waals surface area contributed by atoms with Crippen molar-refractivity contribution in [2.75, 3.05) is 10.7 Å². The van der Waals surface area contributed by atoms with Crippen LogP contribution in [-0.4, -0.2) is 16.6 Å². The molecule has 1 amide bonds. The first-order chi connectivity index (χ1) is 12.1. The summed E-state index contributed by atoms with van der Waals surface area (Å²) in [6, 6.07) is 13.3.